The third kappa shape index (κ3) is 4.32. The van der Waals surface area contributed by atoms with Crippen LogP contribution in [0.25, 0.3) is 12.2 Å². The van der Waals surface area contributed by atoms with Crippen molar-refractivity contribution in [2.24, 2.45) is 0 Å². The van der Waals surface area contributed by atoms with E-state index in [2.05, 4.69) is 4.90 Å². The molecule has 2 unspecified atom stereocenters. The molecule has 1 fully saturated rings. The summed E-state index contributed by atoms with van der Waals surface area (Å²) in [6, 6.07) is 15.4. The molecule has 1 saturated heterocycles. The molecule has 0 radical (unpaired) electrons. The molecule has 4 nitrogen and oxygen atoms in total. The smallest absolute Gasteiger partial charge is 0.196 e. The second kappa shape index (κ2) is 9.92. The lowest BCUT2D eigenvalue weighted by atomic mass is 9.80. The minimum Gasteiger partial charge on any atom is -0.507 e. The highest BCUT2D eigenvalue weighted by Crippen LogP contribution is 2.44. The van der Waals surface area contributed by atoms with Crippen LogP contribution in [0.4, 0.5) is 8.78 Å². The van der Waals surface area contributed by atoms with Crippen LogP contribution in [0.5, 0.6) is 11.5 Å². The third-order valence-electron chi connectivity index (χ3n) is 7.82. The minimum atomic E-state index is -2.53. The van der Waals surface area contributed by atoms with Gasteiger partial charge < -0.3 is 14.6 Å². The summed E-state index contributed by atoms with van der Waals surface area (Å²) in [6.45, 7) is 4.10. The number of ether oxygens (including phenoxy) is 2. The minimum absolute atomic E-state index is 0.0680. The summed E-state index contributed by atoms with van der Waals surface area (Å²) in [5.74, 6) is 0.553. The number of aromatic hydroxyl groups is 1. The van der Waals surface area contributed by atoms with Gasteiger partial charge in [-0.3, -0.25) is 4.90 Å². The molecule has 192 valence electrons. The zero-order valence-corrected chi connectivity index (χ0v) is 20.8. The number of hydrogen-bond acceptors (Lipinski definition) is 4. The Kier molecular flexibility index (Phi) is 6.47. The van der Waals surface area contributed by atoms with Crippen LogP contribution in [0.3, 0.4) is 0 Å². The molecule has 1 N–H and O–H groups in total. The molecule has 2 heterocycles. The lowest BCUT2D eigenvalue weighted by Gasteiger charge is -2.31. The van der Waals surface area contributed by atoms with E-state index in [1.54, 1.807) is 54.6 Å². The van der Waals surface area contributed by atoms with Gasteiger partial charge in [0.05, 0.1) is 13.2 Å². The Bertz CT molecular complexity index is 1520. The lowest BCUT2D eigenvalue weighted by molar-refractivity contribution is 0.114. The van der Waals surface area contributed by atoms with Crippen molar-refractivity contribution in [3.63, 3.8) is 0 Å². The van der Waals surface area contributed by atoms with Crippen LogP contribution in [0, 0.1) is 10.4 Å². The van der Waals surface area contributed by atoms with Crippen molar-refractivity contribution < 1.29 is 23.4 Å². The zero-order valence-electron chi connectivity index (χ0n) is 20.8. The first-order valence-electron chi connectivity index (χ1n) is 13.1. The van der Waals surface area contributed by atoms with E-state index in [0.717, 1.165) is 19.6 Å². The van der Waals surface area contributed by atoms with Crippen molar-refractivity contribution in [3.05, 3.63) is 92.2 Å². The predicted octanol–water partition coefficient (Wildman–Crippen LogP) is 4.20. The molecule has 3 aromatic rings. The Morgan fingerprint density at radius 2 is 1.81 bits per heavy atom. The molecule has 0 spiro atoms. The van der Waals surface area contributed by atoms with Crippen LogP contribution in [0.1, 0.15) is 36.0 Å². The molecule has 3 aromatic carbocycles. The number of alkyl halides is 2. The number of likely N-dealkylation sites (tertiary alicyclic amines) is 1. The molecule has 6 heteroatoms. The van der Waals surface area contributed by atoms with Gasteiger partial charge >= 0.3 is 0 Å². The third-order valence-corrected chi connectivity index (χ3v) is 7.82. The molecular formula is C31H31F2NO3. The van der Waals surface area contributed by atoms with E-state index in [1.165, 1.54) is 25.3 Å². The van der Waals surface area contributed by atoms with Gasteiger partial charge in [-0.2, -0.15) is 0 Å². The normalized spacial score (nSPS) is 23.0. The molecule has 2 atom stereocenters. The lowest BCUT2D eigenvalue weighted by Crippen LogP contribution is -2.36. The average Bonchev–Trinajstić information content (AvgIpc) is 3.03. The van der Waals surface area contributed by atoms with Crippen LogP contribution < -0.4 is 15.2 Å². The Hall–Kier alpha value is -3.22. The zero-order chi connectivity index (χ0) is 25.4. The van der Waals surface area contributed by atoms with E-state index < -0.39 is 11.8 Å². The standard InChI is InChI=1S/C31H31F2NO3/c32-28-19-21-6-2-3-7-25(21)29-27(35)18-22-12-16-36-20-26(22)30(29)31(28,33)23-8-10-24(11-9-23)37-17-15-34-13-4-1-5-14-34/h2-3,6-12,18-19,28,35H,1,4-5,13-17,20H2. The number of phenolic OH excluding ortho intramolecular Hbond substituents is 1. The highest BCUT2D eigenvalue weighted by Gasteiger charge is 2.46. The summed E-state index contributed by atoms with van der Waals surface area (Å²) >= 11 is 0. The molecule has 0 saturated carbocycles. The van der Waals surface area contributed by atoms with E-state index in [-0.39, 0.29) is 23.5 Å². The molecule has 6 rings (SSSR count). The summed E-state index contributed by atoms with van der Waals surface area (Å²) < 4.78 is 45.2. The summed E-state index contributed by atoms with van der Waals surface area (Å²) in [5, 5.41) is 13.2. The summed E-state index contributed by atoms with van der Waals surface area (Å²) in [4.78, 5) is 2.40. The first kappa shape index (κ1) is 24.1. The van der Waals surface area contributed by atoms with Crippen molar-refractivity contribution in [3.8, 4) is 11.5 Å². The number of halogens is 2. The fourth-order valence-corrected chi connectivity index (χ4v) is 5.90. The van der Waals surface area contributed by atoms with Crippen LogP contribution >= 0.6 is 0 Å². The highest BCUT2D eigenvalue weighted by atomic mass is 19.2. The first-order valence-corrected chi connectivity index (χ1v) is 13.1. The number of rotatable bonds is 5. The fraction of sp³-hybridized carbons (Fsp3) is 0.355. The number of fused-ring (bicyclic) bond motifs is 4. The Balaban J connectivity index is 1.44. The number of phenols is 1. The Labute approximate surface area is 214 Å². The molecule has 37 heavy (non-hydrogen) atoms. The molecular weight excluding hydrogens is 472 g/mol. The van der Waals surface area contributed by atoms with Gasteiger partial charge in [-0.25, -0.2) is 8.78 Å². The predicted molar refractivity (Wildman–Crippen MR) is 139 cm³/mol. The monoisotopic (exact) mass is 503 g/mol. The van der Waals surface area contributed by atoms with Crippen molar-refractivity contribution in [2.45, 2.75) is 37.7 Å². The summed E-state index contributed by atoms with van der Waals surface area (Å²) in [5.41, 5.74) is -1.66. The SMILES string of the molecule is Oc1cc2c(c3c1=c1ccccc1=CC(F)C3(F)c1ccc(OCCN3CCCCC3)cc1)COCC=2. The van der Waals surface area contributed by atoms with Gasteiger partial charge in [-0.05, 0) is 77.0 Å². The second-order valence-electron chi connectivity index (χ2n) is 10.1. The molecule has 0 bridgehead atoms. The largest absolute Gasteiger partial charge is 0.507 e. The molecule has 0 aromatic heterocycles. The van der Waals surface area contributed by atoms with Crippen LogP contribution in [-0.4, -0.2) is 49.0 Å². The molecule has 0 amide bonds. The maximum absolute atomic E-state index is 17.5. The topological polar surface area (TPSA) is 41.9 Å². The number of piperidine rings is 1. The Morgan fingerprint density at radius 3 is 2.62 bits per heavy atom. The van der Waals surface area contributed by atoms with Gasteiger partial charge in [0.25, 0.3) is 0 Å². The van der Waals surface area contributed by atoms with Gasteiger partial charge in [-0.1, -0.05) is 48.9 Å². The summed E-state index contributed by atoms with van der Waals surface area (Å²) in [6.07, 6.45) is 4.87. The van der Waals surface area contributed by atoms with Crippen molar-refractivity contribution >= 4 is 12.2 Å². The second-order valence-corrected chi connectivity index (χ2v) is 10.1. The van der Waals surface area contributed by atoms with Crippen molar-refractivity contribution in [1.29, 1.82) is 0 Å². The van der Waals surface area contributed by atoms with E-state index >= 15 is 8.78 Å². The fourth-order valence-electron chi connectivity index (χ4n) is 5.90. The highest BCUT2D eigenvalue weighted by molar-refractivity contribution is 5.56. The molecule has 1 aliphatic carbocycles. The van der Waals surface area contributed by atoms with Crippen LogP contribution in [0.2, 0.25) is 0 Å². The Morgan fingerprint density at radius 1 is 1.03 bits per heavy atom. The van der Waals surface area contributed by atoms with Gasteiger partial charge in [0.15, 0.2) is 11.8 Å². The first-order chi connectivity index (χ1) is 18.1. The van der Waals surface area contributed by atoms with Crippen LogP contribution in [0.15, 0.2) is 54.6 Å². The maximum atomic E-state index is 17.5. The summed E-state index contributed by atoms with van der Waals surface area (Å²) in [7, 11) is 0. The quantitative estimate of drug-likeness (QED) is 0.567. The van der Waals surface area contributed by atoms with E-state index in [1.807, 2.05) is 6.07 Å². The molecule has 2 aliphatic heterocycles. The average molecular weight is 504 g/mol. The number of benzene rings is 3. The van der Waals surface area contributed by atoms with Gasteiger partial charge in [0, 0.05) is 17.3 Å². The number of hydrogen-bond donors (Lipinski definition) is 1. The van der Waals surface area contributed by atoms with Crippen molar-refractivity contribution in [1.82, 2.24) is 4.90 Å². The maximum Gasteiger partial charge on any atom is 0.196 e. The van der Waals surface area contributed by atoms with Gasteiger partial charge in [-0.15, -0.1) is 0 Å². The van der Waals surface area contributed by atoms with E-state index in [4.69, 9.17) is 9.47 Å². The van der Waals surface area contributed by atoms with Crippen LogP contribution in [-0.2, 0) is 17.0 Å². The van der Waals surface area contributed by atoms with E-state index in [0.29, 0.717) is 45.4 Å². The van der Waals surface area contributed by atoms with E-state index in [9.17, 15) is 5.11 Å². The van der Waals surface area contributed by atoms with Gasteiger partial charge in [0.1, 0.15) is 18.1 Å². The van der Waals surface area contributed by atoms with Gasteiger partial charge in [0.2, 0.25) is 0 Å². The van der Waals surface area contributed by atoms with Crippen molar-refractivity contribution in [2.75, 3.05) is 32.8 Å². The number of nitrogens with zero attached hydrogens (tertiary/aromatic N) is 1. The molecule has 3 aliphatic rings.